The van der Waals surface area contributed by atoms with E-state index in [-0.39, 0.29) is 17.9 Å². The van der Waals surface area contributed by atoms with Gasteiger partial charge in [-0.15, -0.1) is 0 Å². The molecule has 0 radical (unpaired) electrons. The minimum Gasteiger partial charge on any atom is -0.390 e. The van der Waals surface area contributed by atoms with Crippen LogP contribution in [0.3, 0.4) is 0 Å². The lowest BCUT2D eigenvalue weighted by Crippen LogP contribution is -2.30. The Morgan fingerprint density at radius 1 is 1.29 bits per heavy atom. The molecule has 0 amide bonds. The van der Waals surface area contributed by atoms with Crippen molar-refractivity contribution >= 4 is 9.84 Å². The monoisotopic (exact) mass is 223 g/mol. The van der Waals surface area contributed by atoms with Crippen molar-refractivity contribution in [1.29, 1.82) is 0 Å². The molecule has 0 bridgehead atoms. The summed E-state index contributed by atoms with van der Waals surface area (Å²) in [5.41, 5.74) is 4.35. The van der Waals surface area contributed by atoms with Gasteiger partial charge in [0.15, 0.2) is 0 Å². The van der Waals surface area contributed by atoms with E-state index in [1.165, 1.54) is 0 Å². The number of sulfone groups is 1. The van der Waals surface area contributed by atoms with Crippen LogP contribution in [0, 0.1) is 0 Å². The van der Waals surface area contributed by atoms with Crippen LogP contribution in [0.25, 0.3) is 0 Å². The molecule has 14 heavy (non-hydrogen) atoms. The van der Waals surface area contributed by atoms with Gasteiger partial charge in [-0.2, -0.15) is 0 Å². The van der Waals surface area contributed by atoms with E-state index in [0.29, 0.717) is 19.4 Å². The molecule has 1 unspecified atom stereocenters. The first-order valence-corrected chi connectivity index (χ1v) is 6.78. The maximum absolute atomic E-state index is 11.3. The molecule has 0 heterocycles. The van der Waals surface area contributed by atoms with Crippen molar-refractivity contribution in [3.8, 4) is 0 Å². The highest BCUT2D eigenvalue weighted by molar-refractivity contribution is 7.91. The molecule has 0 aromatic carbocycles. The van der Waals surface area contributed by atoms with Gasteiger partial charge in [0.25, 0.3) is 0 Å². The molecule has 3 N–H and O–H groups in total. The van der Waals surface area contributed by atoms with E-state index >= 15 is 0 Å². The Bertz CT molecular complexity index is 247. The SMILES string of the molecule is CCCS(=O)(=O)CCC(C)(O)CCN. The molecule has 86 valence electrons. The molecule has 0 aliphatic rings. The molecule has 0 aliphatic carbocycles. The highest BCUT2D eigenvalue weighted by atomic mass is 32.2. The van der Waals surface area contributed by atoms with Crippen molar-refractivity contribution in [3.63, 3.8) is 0 Å². The highest BCUT2D eigenvalue weighted by Gasteiger charge is 2.22. The summed E-state index contributed by atoms with van der Waals surface area (Å²) in [5, 5.41) is 9.70. The zero-order valence-electron chi connectivity index (χ0n) is 8.99. The average molecular weight is 223 g/mol. The third-order valence-electron chi connectivity index (χ3n) is 2.15. The summed E-state index contributed by atoms with van der Waals surface area (Å²) in [7, 11) is -2.98. The zero-order chi connectivity index (χ0) is 11.2. The summed E-state index contributed by atoms with van der Waals surface area (Å²) >= 11 is 0. The summed E-state index contributed by atoms with van der Waals surface area (Å²) in [4.78, 5) is 0. The summed E-state index contributed by atoms with van der Waals surface area (Å²) < 4.78 is 22.7. The fourth-order valence-electron chi connectivity index (χ4n) is 1.22. The molecule has 0 aromatic heterocycles. The van der Waals surface area contributed by atoms with E-state index in [4.69, 9.17) is 5.73 Å². The van der Waals surface area contributed by atoms with Crippen molar-refractivity contribution in [2.75, 3.05) is 18.1 Å². The Kier molecular flexibility index (Phi) is 5.63. The second-order valence-electron chi connectivity index (χ2n) is 3.94. The number of hydrogen-bond acceptors (Lipinski definition) is 4. The van der Waals surface area contributed by atoms with Crippen molar-refractivity contribution in [3.05, 3.63) is 0 Å². The van der Waals surface area contributed by atoms with Gasteiger partial charge in [-0.3, -0.25) is 0 Å². The largest absolute Gasteiger partial charge is 0.390 e. The van der Waals surface area contributed by atoms with Crippen LogP contribution in [0.5, 0.6) is 0 Å². The van der Waals surface area contributed by atoms with Crippen molar-refractivity contribution < 1.29 is 13.5 Å². The first-order valence-electron chi connectivity index (χ1n) is 4.96. The highest BCUT2D eigenvalue weighted by Crippen LogP contribution is 2.14. The van der Waals surface area contributed by atoms with Gasteiger partial charge < -0.3 is 10.8 Å². The van der Waals surface area contributed by atoms with Crippen LogP contribution < -0.4 is 5.73 Å². The molecule has 0 saturated heterocycles. The Morgan fingerprint density at radius 3 is 2.29 bits per heavy atom. The quantitative estimate of drug-likeness (QED) is 0.650. The summed E-state index contributed by atoms with van der Waals surface area (Å²) in [6.07, 6.45) is 1.34. The van der Waals surface area contributed by atoms with E-state index < -0.39 is 15.4 Å². The number of hydrogen-bond donors (Lipinski definition) is 2. The van der Waals surface area contributed by atoms with Crippen LogP contribution in [0.15, 0.2) is 0 Å². The number of rotatable bonds is 7. The Morgan fingerprint density at radius 2 is 1.86 bits per heavy atom. The predicted molar refractivity (Wildman–Crippen MR) is 57.9 cm³/mol. The van der Waals surface area contributed by atoms with Crippen LogP contribution >= 0.6 is 0 Å². The standard InChI is InChI=1S/C9H21NO3S/c1-3-7-14(12,13)8-5-9(2,11)4-6-10/h11H,3-8,10H2,1-2H3. The third kappa shape index (κ3) is 6.34. The molecule has 0 spiro atoms. The normalized spacial score (nSPS) is 16.6. The summed E-state index contributed by atoms with van der Waals surface area (Å²) in [6, 6.07) is 0. The second-order valence-corrected chi connectivity index (χ2v) is 6.24. The molecule has 0 aromatic rings. The second kappa shape index (κ2) is 5.68. The van der Waals surface area contributed by atoms with Gasteiger partial charge >= 0.3 is 0 Å². The van der Waals surface area contributed by atoms with Crippen molar-refractivity contribution in [1.82, 2.24) is 0 Å². The summed E-state index contributed by atoms with van der Waals surface area (Å²) in [6.45, 7) is 3.83. The van der Waals surface area contributed by atoms with Gasteiger partial charge in [-0.1, -0.05) is 6.92 Å². The lowest BCUT2D eigenvalue weighted by atomic mass is 10.00. The fraction of sp³-hybridized carbons (Fsp3) is 1.00. The van der Waals surface area contributed by atoms with Crippen LogP contribution in [0.4, 0.5) is 0 Å². The minimum absolute atomic E-state index is 0.0494. The lowest BCUT2D eigenvalue weighted by molar-refractivity contribution is 0.0503. The average Bonchev–Trinajstić information content (AvgIpc) is 2.01. The van der Waals surface area contributed by atoms with Crippen LogP contribution in [-0.4, -0.2) is 37.2 Å². The molecular weight excluding hydrogens is 202 g/mol. The van der Waals surface area contributed by atoms with Crippen LogP contribution in [0.2, 0.25) is 0 Å². The molecular formula is C9H21NO3S. The third-order valence-corrected chi connectivity index (χ3v) is 4.01. The Labute approximate surface area is 86.4 Å². The van der Waals surface area contributed by atoms with Crippen LogP contribution in [0.1, 0.15) is 33.1 Å². The Balaban J connectivity index is 4.04. The zero-order valence-corrected chi connectivity index (χ0v) is 9.81. The minimum atomic E-state index is -2.98. The molecule has 0 saturated carbocycles. The topological polar surface area (TPSA) is 80.4 Å². The number of aliphatic hydroxyl groups is 1. The number of nitrogens with two attached hydrogens (primary N) is 1. The molecule has 4 nitrogen and oxygen atoms in total. The van der Waals surface area contributed by atoms with E-state index in [1.54, 1.807) is 6.92 Å². The first-order chi connectivity index (χ1) is 6.33. The molecule has 5 heteroatoms. The molecule has 0 rings (SSSR count). The maximum atomic E-state index is 11.3. The smallest absolute Gasteiger partial charge is 0.150 e. The molecule has 0 fully saturated rings. The van der Waals surface area contributed by atoms with Gasteiger partial charge in [0, 0.05) is 5.75 Å². The van der Waals surface area contributed by atoms with Gasteiger partial charge in [0.2, 0.25) is 0 Å². The van der Waals surface area contributed by atoms with Crippen LogP contribution in [-0.2, 0) is 9.84 Å². The molecule has 0 aliphatic heterocycles. The van der Waals surface area contributed by atoms with Gasteiger partial charge in [-0.25, -0.2) is 8.42 Å². The first kappa shape index (κ1) is 13.9. The van der Waals surface area contributed by atoms with Crippen molar-refractivity contribution in [2.45, 2.75) is 38.7 Å². The van der Waals surface area contributed by atoms with Gasteiger partial charge in [0.1, 0.15) is 9.84 Å². The fourth-order valence-corrected chi connectivity index (χ4v) is 2.80. The molecule has 1 atom stereocenters. The van der Waals surface area contributed by atoms with Crippen molar-refractivity contribution in [2.24, 2.45) is 5.73 Å². The van der Waals surface area contributed by atoms with E-state index in [9.17, 15) is 13.5 Å². The van der Waals surface area contributed by atoms with E-state index in [2.05, 4.69) is 0 Å². The predicted octanol–water partition coefficient (Wildman–Crippen LogP) is 0.301. The Hall–Kier alpha value is -0.130. The van der Waals surface area contributed by atoms with E-state index in [0.717, 1.165) is 0 Å². The van der Waals surface area contributed by atoms with E-state index in [1.807, 2.05) is 6.92 Å². The lowest BCUT2D eigenvalue weighted by Gasteiger charge is -2.22. The van der Waals surface area contributed by atoms with Gasteiger partial charge in [0.05, 0.1) is 11.4 Å². The maximum Gasteiger partial charge on any atom is 0.150 e. The van der Waals surface area contributed by atoms with Gasteiger partial charge in [-0.05, 0) is 32.7 Å². The summed E-state index contributed by atoms with van der Waals surface area (Å²) in [5.74, 6) is 0.250.